The van der Waals surface area contributed by atoms with Gasteiger partial charge in [0.25, 0.3) is 11.7 Å². The Balaban J connectivity index is 1.59. The number of imidazole rings is 1. The number of likely N-dealkylation sites (tertiary alicyclic amines) is 1. The molecule has 1 N–H and O–H groups in total. The highest BCUT2D eigenvalue weighted by atomic mass is 16.5. The first-order valence-electron chi connectivity index (χ1n) is 15.7. The molecule has 0 radical (unpaired) electrons. The van der Waals surface area contributed by atoms with E-state index in [0.29, 0.717) is 54.6 Å². The van der Waals surface area contributed by atoms with E-state index in [9.17, 15) is 14.7 Å². The lowest BCUT2D eigenvalue weighted by molar-refractivity contribution is -0.140. The van der Waals surface area contributed by atoms with Crippen LogP contribution in [0.15, 0.2) is 72.4 Å². The molecule has 1 aliphatic heterocycles. The quantitative estimate of drug-likeness (QED) is 0.111. The van der Waals surface area contributed by atoms with Crippen molar-refractivity contribution in [2.24, 2.45) is 0 Å². The number of carbonyl (C=O) groups is 2. The van der Waals surface area contributed by atoms with E-state index in [0.717, 1.165) is 30.8 Å². The monoisotopic (exact) mass is 610 g/mol. The number of aromatic nitrogens is 2. The lowest BCUT2D eigenvalue weighted by atomic mass is 9.96. The molecule has 236 valence electrons. The van der Waals surface area contributed by atoms with Gasteiger partial charge in [0, 0.05) is 12.7 Å². The molecule has 1 amide bonds. The van der Waals surface area contributed by atoms with Gasteiger partial charge < -0.3 is 28.8 Å². The molecule has 3 heterocycles. The van der Waals surface area contributed by atoms with E-state index in [2.05, 4.69) is 18.7 Å². The lowest BCUT2D eigenvalue weighted by Crippen LogP contribution is -2.33. The number of carbonyl (C=O) groups excluding carboxylic acids is 2. The van der Waals surface area contributed by atoms with Crippen LogP contribution in [-0.2, 0) is 16.2 Å². The van der Waals surface area contributed by atoms with Crippen molar-refractivity contribution >= 4 is 23.1 Å². The van der Waals surface area contributed by atoms with Crippen LogP contribution in [0.5, 0.6) is 11.5 Å². The van der Waals surface area contributed by atoms with Crippen molar-refractivity contribution in [3.8, 4) is 11.5 Å². The number of fused-ring (bicyclic) bond motifs is 1. The molecule has 0 aliphatic carbocycles. The minimum Gasteiger partial charge on any atom is -0.505 e. The summed E-state index contributed by atoms with van der Waals surface area (Å²) in [7, 11) is 0. The third kappa shape index (κ3) is 6.44. The Labute approximate surface area is 264 Å². The number of ketones is 1. The highest BCUT2D eigenvalue weighted by molar-refractivity contribution is 6.46. The molecular weight excluding hydrogens is 568 g/mol. The Morgan fingerprint density at radius 1 is 0.956 bits per heavy atom. The molecule has 45 heavy (non-hydrogen) atoms. The Morgan fingerprint density at radius 2 is 1.71 bits per heavy atom. The number of pyridine rings is 1. The minimum atomic E-state index is -0.825. The van der Waals surface area contributed by atoms with Gasteiger partial charge in [0.15, 0.2) is 17.3 Å². The largest absolute Gasteiger partial charge is 0.505 e. The zero-order valence-electron chi connectivity index (χ0n) is 26.7. The highest BCUT2D eigenvalue weighted by Gasteiger charge is 2.46. The zero-order valence-corrected chi connectivity index (χ0v) is 26.7. The molecule has 4 aromatic rings. The van der Waals surface area contributed by atoms with Crippen molar-refractivity contribution < 1.29 is 24.2 Å². The molecule has 0 saturated carbocycles. The molecule has 2 aromatic carbocycles. The van der Waals surface area contributed by atoms with Crippen LogP contribution >= 0.6 is 0 Å². The van der Waals surface area contributed by atoms with E-state index in [4.69, 9.17) is 14.5 Å². The second kappa shape index (κ2) is 14.0. The van der Waals surface area contributed by atoms with Gasteiger partial charge in [0.1, 0.15) is 17.9 Å². The van der Waals surface area contributed by atoms with E-state index in [1.54, 1.807) is 11.0 Å². The molecule has 9 heteroatoms. The summed E-state index contributed by atoms with van der Waals surface area (Å²) < 4.78 is 14.0. The highest BCUT2D eigenvalue weighted by Crippen LogP contribution is 2.42. The first kappa shape index (κ1) is 31.8. The number of aliphatic hydroxyl groups is 1. The molecule has 1 aliphatic rings. The molecule has 1 unspecified atom stereocenters. The predicted molar refractivity (Wildman–Crippen MR) is 174 cm³/mol. The Hall–Kier alpha value is -4.63. The maximum Gasteiger partial charge on any atom is 0.295 e. The van der Waals surface area contributed by atoms with E-state index < -0.39 is 17.7 Å². The average molecular weight is 611 g/mol. The van der Waals surface area contributed by atoms with Crippen molar-refractivity contribution in [3.63, 3.8) is 0 Å². The molecule has 0 spiro atoms. The zero-order chi connectivity index (χ0) is 32.1. The first-order valence-corrected chi connectivity index (χ1v) is 15.7. The smallest absolute Gasteiger partial charge is 0.295 e. The number of rotatable bonds is 13. The first-order chi connectivity index (χ1) is 21.8. The fraction of sp³-hybridized carbons (Fsp3) is 0.361. The maximum atomic E-state index is 13.7. The summed E-state index contributed by atoms with van der Waals surface area (Å²) in [5.41, 5.74) is 4.25. The number of hydrogen-bond acceptors (Lipinski definition) is 7. The summed E-state index contributed by atoms with van der Waals surface area (Å²) >= 11 is 0. The van der Waals surface area contributed by atoms with Crippen LogP contribution in [0.2, 0.25) is 0 Å². The van der Waals surface area contributed by atoms with Gasteiger partial charge in [-0.2, -0.15) is 0 Å². The second-order valence-corrected chi connectivity index (χ2v) is 11.2. The number of benzene rings is 2. The van der Waals surface area contributed by atoms with Gasteiger partial charge in [-0.1, -0.05) is 56.3 Å². The van der Waals surface area contributed by atoms with Crippen molar-refractivity contribution in [2.75, 3.05) is 32.8 Å². The van der Waals surface area contributed by atoms with Crippen LogP contribution in [0.25, 0.3) is 11.4 Å². The third-order valence-electron chi connectivity index (χ3n) is 8.44. The summed E-state index contributed by atoms with van der Waals surface area (Å²) in [6.45, 7) is 13.6. The van der Waals surface area contributed by atoms with E-state index in [1.165, 1.54) is 0 Å². The third-order valence-corrected chi connectivity index (χ3v) is 8.44. The standard InChI is InChI=1S/C36H42N4O5/c1-6-38(7-2)19-13-21-40-32(27-17-18-28(29(22-27)44-8-3)45-23-26-15-10-9-11-16-26)30(34(42)36(40)43)33(41)31-25(5)39-20-12-14-24(4)35(39)37-31/h9-12,14-18,20,22,32,41H,6-8,13,19,21,23H2,1-5H3. The summed E-state index contributed by atoms with van der Waals surface area (Å²) in [5, 5.41) is 11.8. The fourth-order valence-corrected chi connectivity index (χ4v) is 5.95. The number of aliphatic hydroxyl groups excluding tert-OH is 1. The van der Waals surface area contributed by atoms with Crippen LogP contribution in [-0.4, -0.2) is 68.8 Å². The molecule has 2 aromatic heterocycles. The topological polar surface area (TPSA) is 96.6 Å². The summed E-state index contributed by atoms with van der Waals surface area (Å²) in [6.07, 6.45) is 2.54. The molecule has 5 rings (SSSR count). The number of ether oxygens (including phenoxy) is 2. The van der Waals surface area contributed by atoms with E-state index in [-0.39, 0.29) is 17.0 Å². The van der Waals surface area contributed by atoms with Crippen molar-refractivity contribution in [1.29, 1.82) is 0 Å². The molecular formula is C36H42N4O5. The maximum absolute atomic E-state index is 13.7. The second-order valence-electron chi connectivity index (χ2n) is 11.2. The van der Waals surface area contributed by atoms with Gasteiger partial charge in [-0.3, -0.25) is 9.59 Å². The van der Waals surface area contributed by atoms with E-state index >= 15 is 0 Å². The summed E-state index contributed by atoms with van der Waals surface area (Å²) in [5.74, 6) is -0.599. The number of nitrogens with zero attached hydrogens (tertiary/aromatic N) is 4. The molecule has 0 bridgehead atoms. The van der Waals surface area contributed by atoms with Gasteiger partial charge >= 0.3 is 0 Å². The van der Waals surface area contributed by atoms with Crippen LogP contribution in [0.1, 0.15) is 61.3 Å². The van der Waals surface area contributed by atoms with E-state index in [1.807, 2.05) is 86.0 Å². The van der Waals surface area contributed by atoms with Gasteiger partial charge in [0.2, 0.25) is 0 Å². The summed E-state index contributed by atoms with van der Waals surface area (Å²) in [6, 6.07) is 18.3. The van der Waals surface area contributed by atoms with Crippen LogP contribution in [0.4, 0.5) is 0 Å². The number of aryl methyl sites for hydroxylation is 2. The normalized spacial score (nSPS) is 16.2. The summed E-state index contributed by atoms with van der Waals surface area (Å²) in [4.78, 5) is 35.9. The number of amides is 1. The predicted octanol–water partition coefficient (Wildman–Crippen LogP) is 6.08. The van der Waals surface area contributed by atoms with Crippen molar-refractivity contribution in [2.45, 2.75) is 53.7 Å². The molecule has 1 fully saturated rings. The number of hydrogen-bond donors (Lipinski definition) is 1. The van der Waals surface area contributed by atoms with Gasteiger partial charge in [-0.05, 0) is 81.7 Å². The van der Waals surface area contributed by atoms with Crippen molar-refractivity contribution in [3.05, 3.63) is 101 Å². The van der Waals surface area contributed by atoms with Crippen LogP contribution < -0.4 is 9.47 Å². The molecule has 9 nitrogen and oxygen atoms in total. The number of Topliss-reactive ketones (excluding diaryl/α,β-unsaturated/α-hetero) is 1. The minimum absolute atomic E-state index is 0.0207. The van der Waals surface area contributed by atoms with Crippen molar-refractivity contribution in [1.82, 2.24) is 19.2 Å². The lowest BCUT2D eigenvalue weighted by Gasteiger charge is -2.27. The Morgan fingerprint density at radius 3 is 2.40 bits per heavy atom. The fourth-order valence-electron chi connectivity index (χ4n) is 5.95. The van der Waals surface area contributed by atoms with Gasteiger partial charge in [0.05, 0.1) is 23.9 Å². The van der Waals surface area contributed by atoms with Gasteiger partial charge in [-0.25, -0.2) is 4.98 Å². The molecule has 1 saturated heterocycles. The van der Waals surface area contributed by atoms with Gasteiger partial charge in [-0.15, -0.1) is 0 Å². The Kier molecular flexibility index (Phi) is 9.88. The van der Waals surface area contributed by atoms with Crippen LogP contribution in [0, 0.1) is 13.8 Å². The SMILES string of the molecule is CCOc1cc(C2C(=C(O)c3nc4c(C)cccn4c3C)C(=O)C(=O)N2CCCN(CC)CC)ccc1OCc1ccccc1. The average Bonchev–Trinajstić information content (AvgIpc) is 3.52. The Bertz CT molecular complexity index is 1710. The van der Waals surface area contributed by atoms with Crippen LogP contribution in [0.3, 0.4) is 0 Å². The molecule has 1 atom stereocenters.